The van der Waals surface area contributed by atoms with E-state index >= 15 is 0 Å². The van der Waals surface area contributed by atoms with Crippen molar-refractivity contribution in [1.82, 2.24) is 5.32 Å². The van der Waals surface area contributed by atoms with Crippen molar-refractivity contribution >= 4 is 17.5 Å². The number of nitrogens with one attached hydrogen (secondary N) is 1. The van der Waals surface area contributed by atoms with Crippen LogP contribution in [0.5, 0.6) is 5.75 Å². The molecule has 27 heavy (non-hydrogen) atoms. The third-order valence-electron chi connectivity index (χ3n) is 5.05. The molecule has 7 heteroatoms. The van der Waals surface area contributed by atoms with E-state index in [0.29, 0.717) is 17.5 Å². The molecule has 0 spiro atoms. The van der Waals surface area contributed by atoms with E-state index in [1.165, 1.54) is 6.08 Å². The second-order valence-electron chi connectivity index (χ2n) is 6.91. The maximum atomic E-state index is 12.6. The Hall–Kier alpha value is -2.67. The summed E-state index contributed by atoms with van der Waals surface area (Å²) in [7, 11) is 1.55. The number of aliphatic carboxylic acids is 1. The van der Waals surface area contributed by atoms with Crippen LogP contribution in [-0.4, -0.2) is 40.9 Å². The van der Waals surface area contributed by atoms with Crippen LogP contribution < -0.4 is 5.32 Å². The minimum absolute atomic E-state index is 0.000432. The van der Waals surface area contributed by atoms with E-state index in [9.17, 15) is 19.5 Å². The fourth-order valence-electron chi connectivity index (χ4n) is 3.81. The number of rotatable bonds is 6. The van der Waals surface area contributed by atoms with Crippen LogP contribution in [0.15, 0.2) is 17.8 Å². The summed E-state index contributed by atoms with van der Waals surface area (Å²) in [5.41, 5.74) is 1.49. The largest absolute Gasteiger partial charge is 0.507 e. The van der Waals surface area contributed by atoms with E-state index in [4.69, 9.17) is 9.84 Å². The third kappa shape index (κ3) is 3.47. The van der Waals surface area contributed by atoms with Crippen LogP contribution in [0.1, 0.15) is 70.6 Å². The molecular weight excluding hydrogens is 350 g/mol. The summed E-state index contributed by atoms with van der Waals surface area (Å²) in [4.78, 5) is 36.2. The molecule has 1 aromatic carbocycles. The smallest absolute Gasteiger partial charge is 0.305 e. The molecule has 144 valence electrons. The molecule has 0 unspecified atom stereocenters. The number of fused-ring (bicyclic) bond motifs is 2. The number of carbonyl (C=O) groups is 3. The molecule has 1 heterocycles. The Morgan fingerprint density at radius 3 is 2.74 bits per heavy atom. The highest BCUT2D eigenvalue weighted by Gasteiger charge is 2.37. The number of carboxylic acid groups (broad SMARTS) is 1. The van der Waals surface area contributed by atoms with Crippen molar-refractivity contribution in [3.05, 3.63) is 40.1 Å². The normalized spacial score (nSPS) is 21.3. The van der Waals surface area contributed by atoms with Gasteiger partial charge in [0.25, 0.3) is 0 Å². The second-order valence-corrected chi connectivity index (χ2v) is 6.91. The molecule has 0 saturated carbocycles. The number of phenolic OH excluding ortho intramolecular Hbond substituents is 1. The number of hydrogen-bond donors (Lipinski definition) is 3. The van der Waals surface area contributed by atoms with Crippen LogP contribution in [0.2, 0.25) is 0 Å². The van der Waals surface area contributed by atoms with E-state index in [0.717, 1.165) is 12.8 Å². The first-order valence-electron chi connectivity index (χ1n) is 9.11. The van der Waals surface area contributed by atoms with Gasteiger partial charge in [-0.1, -0.05) is 19.8 Å². The summed E-state index contributed by atoms with van der Waals surface area (Å²) < 4.78 is 5.94. The SMILES string of the molecule is CCCC[C@@H]1O[C@@H](CC(=O)O)Cc2cc3c(c(O)c21)C(=O)C=C(NC)C3=O. The third-order valence-corrected chi connectivity index (χ3v) is 5.05. The maximum Gasteiger partial charge on any atom is 0.305 e. The summed E-state index contributed by atoms with van der Waals surface area (Å²) in [5, 5.41) is 22.7. The minimum atomic E-state index is -0.966. The van der Waals surface area contributed by atoms with Crippen molar-refractivity contribution in [2.75, 3.05) is 7.05 Å². The van der Waals surface area contributed by atoms with E-state index in [1.54, 1.807) is 13.1 Å². The fraction of sp³-hybridized carbons (Fsp3) is 0.450. The van der Waals surface area contributed by atoms with Crippen molar-refractivity contribution < 1.29 is 29.3 Å². The minimum Gasteiger partial charge on any atom is -0.507 e. The number of likely N-dealkylation sites (N-methyl/N-ethyl adjacent to an activating group) is 1. The number of allylic oxidation sites excluding steroid dienone is 2. The Morgan fingerprint density at radius 1 is 1.37 bits per heavy atom. The Kier molecular flexibility index (Phi) is 5.32. The van der Waals surface area contributed by atoms with Gasteiger partial charge in [0.1, 0.15) is 5.75 Å². The van der Waals surface area contributed by atoms with Gasteiger partial charge in [0, 0.05) is 24.3 Å². The van der Waals surface area contributed by atoms with Gasteiger partial charge < -0.3 is 20.3 Å². The molecular formula is C20H23NO6. The lowest BCUT2D eigenvalue weighted by molar-refractivity contribution is -0.142. The molecule has 2 atom stereocenters. The highest BCUT2D eigenvalue weighted by atomic mass is 16.5. The first-order chi connectivity index (χ1) is 12.9. The van der Waals surface area contributed by atoms with Crippen molar-refractivity contribution in [1.29, 1.82) is 0 Å². The van der Waals surface area contributed by atoms with Crippen molar-refractivity contribution in [3.8, 4) is 5.75 Å². The number of Topliss-reactive ketones (excluding diaryl/α,β-unsaturated/α-hetero) is 1. The van der Waals surface area contributed by atoms with Gasteiger partial charge >= 0.3 is 5.97 Å². The lowest BCUT2D eigenvalue weighted by Crippen LogP contribution is -2.31. The van der Waals surface area contributed by atoms with Crippen LogP contribution in [-0.2, 0) is 16.0 Å². The number of benzene rings is 1. The van der Waals surface area contributed by atoms with Crippen LogP contribution >= 0.6 is 0 Å². The number of ketones is 2. The highest BCUT2D eigenvalue weighted by Crippen LogP contribution is 2.44. The first kappa shape index (κ1) is 19.1. The Morgan fingerprint density at radius 2 is 2.11 bits per heavy atom. The molecule has 0 fully saturated rings. The second kappa shape index (κ2) is 7.52. The topological polar surface area (TPSA) is 113 Å². The molecule has 0 bridgehead atoms. The van der Waals surface area contributed by atoms with Gasteiger partial charge in [0.05, 0.1) is 29.9 Å². The predicted molar refractivity (Wildman–Crippen MR) is 97.0 cm³/mol. The Labute approximate surface area is 157 Å². The van der Waals surface area contributed by atoms with Gasteiger partial charge in [-0.05, 0) is 24.5 Å². The zero-order valence-corrected chi connectivity index (χ0v) is 15.4. The molecule has 1 aliphatic carbocycles. The number of unbranched alkanes of at least 4 members (excludes halogenated alkanes) is 1. The standard InChI is InChI=1S/C20H23NO6/c1-3-4-5-15-17-10(6-11(27-15)8-16(23)24)7-12-18(20(17)26)14(22)9-13(21-2)19(12)25/h7,9,11,15,21,26H,3-6,8H2,1-2H3,(H,23,24)/t11-,15+/m1/s1. The Balaban J connectivity index is 2.11. The van der Waals surface area contributed by atoms with E-state index in [1.807, 2.05) is 6.92 Å². The first-order valence-corrected chi connectivity index (χ1v) is 9.11. The number of phenols is 1. The number of carbonyl (C=O) groups excluding carboxylic acids is 2. The molecule has 0 saturated heterocycles. The van der Waals surface area contributed by atoms with Crippen LogP contribution in [0, 0.1) is 0 Å². The molecule has 3 N–H and O–H groups in total. The van der Waals surface area contributed by atoms with Crippen molar-refractivity contribution in [2.45, 2.75) is 51.2 Å². The molecule has 0 amide bonds. The number of ether oxygens (including phenoxy) is 1. The molecule has 3 rings (SSSR count). The zero-order chi connectivity index (χ0) is 19.7. The van der Waals surface area contributed by atoms with Gasteiger partial charge in [-0.3, -0.25) is 14.4 Å². The average Bonchev–Trinajstić information content (AvgIpc) is 2.61. The van der Waals surface area contributed by atoms with Gasteiger partial charge in [0.2, 0.25) is 5.78 Å². The summed E-state index contributed by atoms with van der Waals surface area (Å²) >= 11 is 0. The molecule has 0 aromatic heterocycles. The van der Waals surface area contributed by atoms with Gasteiger partial charge in [-0.15, -0.1) is 0 Å². The quantitative estimate of drug-likeness (QED) is 0.702. The highest BCUT2D eigenvalue weighted by molar-refractivity contribution is 6.25. The molecule has 2 aliphatic rings. The van der Waals surface area contributed by atoms with E-state index in [2.05, 4.69) is 5.32 Å². The van der Waals surface area contributed by atoms with Gasteiger partial charge in [0.15, 0.2) is 5.78 Å². The average molecular weight is 373 g/mol. The summed E-state index contributed by atoms with van der Waals surface area (Å²) in [6.07, 6.45) is 2.61. The molecule has 0 radical (unpaired) electrons. The monoisotopic (exact) mass is 373 g/mol. The van der Waals surface area contributed by atoms with Crippen LogP contribution in [0.3, 0.4) is 0 Å². The van der Waals surface area contributed by atoms with Gasteiger partial charge in [-0.25, -0.2) is 0 Å². The lowest BCUT2D eigenvalue weighted by atomic mass is 9.82. The molecule has 1 aromatic rings. The summed E-state index contributed by atoms with van der Waals surface area (Å²) in [6.45, 7) is 2.03. The Bertz CT molecular complexity index is 841. The fourth-order valence-corrected chi connectivity index (χ4v) is 3.81. The van der Waals surface area contributed by atoms with E-state index in [-0.39, 0.29) is 41.2 Å². The number of hydrogen-bond acceptors (Lipinski definition) is 6. The molecule has 7 nitrogen and oxygen atoms in total. The number of aromatic hydroxyl groups is 1. The van der Waals surface area contributed by atoms with Crippen LogP contribution in [0.25, 0.3) is 0 Å². The lowest BCUT2D eigenvalue weighted by Gasteiger charge is -2.34. The zero-order valence-electron chi connectivity index (χ0n) is 15.4. The summed E-state index contributed by atoms with van der Waals surface area (Å²) in [6, 6.07) is 1.62. The van der Waals surface area contributed by atoms with Crippen molar-refractivity contribution in [2.24, 2.45) is 0 Å². The van der Waals surface area contributed by atoms with Crippen molar-refractivity contribution in [3.63, 3.8) is 0 Å². The molecule has 1 aliphatic heterocycles. The maximum absolute atomic E-state index is 12.6. The van der Waals surface area contributed by atoms with Gasteiger partial charge in [-0.2, -0.15) is 0 Å². The van der Waals surface area contributed by atoms with E-state index < -0.39 is 24.0 Å². The van der Waals surface area contributed by atoms with Crippen LogP contribution in [0.4, 0.5) is 0 Å². The number of carboxylic acids is 1. The predicted octanol–water partition coefficient (Wildman–Crippen LogP) is 2.52. The summed E-state index contributed by atoms with van der Waals surface area (Å²) in [5.74, 6) is -1.98.